The summed E-state index contributed by atoms with van der Waals surface area (Å²) in [5.41, 5.74) is 2.96. The zero-order valence-electron chi connectivity index (χ0n) is 16.5. The predicted molar refractivity (Wildman–Crippen MR) is 113 cm³/mol. The van der Waals surface area contributed by atoms with E-state index in [-0.39, 0.29) is 11.8 Å². The molecule has 1 fully saturated rings. The number of benzene rings is 1. The number of carbonyl (C=O) groups is 1. The van der Waals surface area contributed by atoms with E-state index < -0.39 is 0 Å². The lowest BCUT2D eigenvalue weighted by Gasteiger charge is -2.33. The molecule has 1 unspecified atom stereocenters. The molecule has 2 aromatic heterocycles. The van der Waals surface area contributed by atoms with E-state index in [2.05, 4.69) is 4.98 Å². The van der Waals surface area contributed by atoms with Gasteiger partial charge in [-0.05, 0) is 42.7 Å². The van der Waals surface area contributed by atoms with Gasteiger partial charge in [0.2, 0.25) is 5.95 Å². The SMILES string of the molecule is CN(C)c1ncc(-c2ccc(Cl)cc2)c(C2CCCN(C(=O)c3ccco3)C2)n1. The highest BCUT2D eigenvalue weighted by molar-refractivity contribution is 6.30. The Kier molecular flexibility index (Phi) is 5.53. The van der Waals surface area contributed by atoms with Crippen molar-refractivity contribution in [1.82, 2.24) is 14.9 Å². The van der Waals surface area contributed by atoms with Gasteiger partial charge in [0.1, 0.15) is 0 Å². The first-order valence-electron chi connectivity index (χ1n) is 9.66. The van der Waals surface area contributed by atoms with Gasteiger partial charge in [0.25, 0.3) is 5.91 Å². The third-order valence-corrected chi connectivity index (χ3v) is 5.44. The molecule has 0 N–H and O–H groups in total. The Balaban J connectivity index is 1.69. The number of nitrogens with zero attached hydrogens (tertiary/aromatic N) is 4. The number of furan rings is 1. The standard InChI is InChI=1S/C22H23ClN4O2/c1-26(2)22-24-13-18(15-7-9-17(23)10-8-15)20(25-22)16-5-3-11-27(14-16)21(28)19-6-4-12-29-19/h4,6-10,12-13,16H,3,5,11,14H2,1-2H3. The van der Waals surface area contributed by atoms with E-state index in [9.17, 15) is 4.79 Å². The smallest absolute Gasteiger partial charge is 0.289 e. The summed E-state index contributed by atoms with van der Waals surface area (Å²) < 4.78 is 5.31. The third kappa shape index (κ3) is 4.12. The molecule has 3 aromatic rings. The van der Waals surface area contributed by atoms with Crippen LogP contribution in [0.5, 0.6) is 0 Å². The van der Waals surface area contributed by atoms with Gasteiger partial charge in [-0.25, -0.2) is 9.97 Å². The summed E-state index contributed by atoms with van der Waals surface area (Å²) >= 11 is 6.07. The van der Waals surface area contributed by atoms with Crippen LogP contribution in [-0.4, -0.2) is 48.0 Å². The van der Waals surface area contributed by atoms with Crippen LogP contribution >= 0.6 is 11.6 Å². The van der Waals surface area contributed by atoms with E-state index in [1.54, 1.807) is 12.1 Å². The van der Waals surface area contributed by atoms with Gasteiger partial charge in [0.05, 0.1) is 12.0 Å². The first kappa shape index (κ1) is 19.5. The topological polar surface area (TPSA) is 62.5 Å². The number of hydrogen-bond donors (Lipinski definition) is 0. The molecule has 0 saturated carbocycles. The Labute approximate surface area is 175 Å². The molecule has 3 heterocycles. The van der Waals surface area contributed by atoms with Gasteiger partial charge < -0.3 is 14.2 Å². The third-order valence-electron chi connectivity index (χ3n) is 5.19. The van der Waals surface area contributed by atoms with Crippen LogP contribution in [0, 0.1) is 0 Å². The van der Waals surface area contributed by atoms with Crippen LogP contribution in [0.15, 0.2) is 53.3 Å². The average molecular weight is 411 g/mol. The molecule has 0 spiro atoms. The lowest BCUT2D eigenvalue weighted by molar-refractivity contribution is 0.0674. The second kappa shape index (κ2) is 8.25. The zero-order chi connectivity index (χ0) is 20.4. The van der Waals surface area contributed by atoms with Gasteiger partial charge in [0, 0.05) is 49.9 Å². The van der Waals surface area contributed by atoms with Crippen LogP contribution in [0.4, 0.5) is 5.95 Å². The van der Waals surface area contributed by atoms with Crippen molar-refractivity contribution in [3.05, 3.63) is 65.3 Å². The van der Waals surface area contributed by atoms with Crippen LogP contribution in [0.25, 0.3) is 11.1 Å². The number of hydrogen-bond acceptors (Lipinski definition) is 5. The molecule has 1 saturated heterocycles. The van der Waals surface area contributed by atoms with Gasteiger partial charge in [-0.2, -0.15) is 0 Å². The largest absolute Gasteiger partial charge is 0.459 e. The summed E-state index contributed by atoms with van der Waals surface area (Å²) in [5.74, 6) is 1.08. The lowest BCUT2D eigenvalue weighted by atomic mass is 9.90. The summed E-state index contributed by atoms with van der Waals surface area (Å²) in [4.78, 5) is 25.9. The summed E-state index contributed by atoms with van der Waals surface area (Å²) in [6.45, 7) is 1.32. The Morgan fingerprint density at radius 1 is 1.24 bits per heavy atom. The first-order chi connectivity index (χ1) is 14.0. The van der Waals surface area contributed by atoms with E-state index in [1.807, 2.05) is 54.4 Å². The molecule has 1 aromatic carbocycles. The average Bonchev–Trinajstić information content (AvgIpc) is 3.28. The van der Waals surface area contributed by atoms with Crippen LogP contribution < -0.4 is 4.90 Å². The normalized spacial score (nSPS) is 16.7. The molecule has 4 rings (SSSR count). The van der Waals surface area contributed by atoms with E-state index >= 15 is 0 Å². The van der Waals surface area contributed by atoms with Crippen molar-refractivity contribution in [2.75, 3.05) is 32.1 Å². The minimum atomic E-state index is -0.0744. The van der Waals surface area contributed by atoms with Crippen LogP contribution in [0.2, 0.25) is 5.02 Å². The molecule has 1 aliphatic rings. The summed E-state index contributed by atoms with van der Waals surface area (Å²) in [6, 6.07) is 11.1. The number of carbonyl (C=O) groups excluding carboxylic acids is 1. The highest BCUT2D eigenvalue weighted by Gasteiger charge is 2.29. The molecule has 150 valence electrons. The Bertz CT molecular complexity index is 987. The maximum absolute atomic E-state index is 12.8. The fourth-order valence-electron chi connectivity index (χ4n) is 3.70. The molecule has 7 heteroatoms. The van der Waals surface area contributed by atoms with Crippen molar-refractivity contribution in [2.45, 2.75) is 18.8 Å². The van der Waals surface area contributed by atoms with Crippen molar-refractivity contribution in [3.63, 3.8) is 0 Å². The van der Waals surface area contributed by atoms with Gasteiger partial charge in [0.15, 0.2) is 5.76 Å². The summed E-state index contributed by atoms with van der Waals surface area (Å²) in [6.07, 6.45) is 5.28. The number of likely N-dealkylation sites (tertiary alicyclic amines) is 1. The van der Waals surface area contributed by atoms with Crippen molar-refractivity contribution in [2.24, 2.45) is 0 Å². The van der Waals surface area contributed by atoms with Gasteiger partial charge in [-0.15, -0.1) is 0 Å². The molecule has 0 bridgehead atoms. The molecule has 1 atom stereocenters. The van der Waals surface area contributed by atoms with Crippen molar-refractivity contribution < 1.29 is 9.21 Å². The van der Waals surface area contributed by atoms with Gasteiger partial charge >= 0.3 is 0 Å². The lowest BCUT2D eigenvalue weighted by Crippen LogP contribution is -2.39. The number of rotatable bonds is 4. The van der Waals surface area contributed by atoms with Gasteiger partial charge in [-0.1, -0.05) is 23.7 Å². The monoisotopic (exact) mass is 410 g/mol. The fourth-order valence-corrected chi connectivity index (χ4v) is 3.83. The summed E-state index contributed by atoms with van der Waals surface area (Å²) in [7, 11) is 3.85. The molecular weight excluding hydrogens is 388 g/mol. The molecule has 0 aliphatic carbocycles. The molecular formula is C22H23ClN4O2. The number of piperidine rings is 1. The van der Waals surface area contributed by atoms with Crippen LogP contribution in [-0.2, 0) is 0 Å². The quantitative estimate of drug-likeness (QED) is 0.634. The Hall–Kier alpha value is -2.86. The molecule has 29 heavy (non-hydrogen) atoms. The highest BCUT2D eigenvalue weighted by Crippen LogP contribution is 2.34. The zero-order valence-corrected chi connectivity index (χ0v) is 17.3. The summed E-state index contributed by atoms with van der Waals surface area (Å²) in [5, 5.41) is 0.689. The van der Waals surface area contributed by atoms with Crippen LogP contribution in [0.1, 0.15) is 35.0 Å². The number of halogens is 1. The number of amides is 1. The number of aromatic nitrogens is 2. The van der Waals surface area contributed by atoms with Crippen LogP contribution in [0.3, 0.4) is 0 Å². The van der Waals surface area contributed by atoms with E-state index in [0.29, 0.717) is 23.3 Å². The van der Waals surface area contributed by atoms with E-state index in [4.69, 9.17) is 21.0 Å². The van der Waals surface area contributed by atoms with Crippen molar-refractivity contribution >= 4 is 23.5 Å². The second-order valence-electron chi connectivity index (χ2n) is 7.44. The van der Waals surface area contributed by atoms with Gasteiger partial charge in [-0.3, -0.25) is 4.79 Å². The Morgan fingerprint density at radius 3 is 2.72 bits per heavy atom. The van der Waals surface area contributed by atoms with E-state index in [0.717, 1.165) is 36.2 Å². The minimum Gasteiger partial charge on any atom is -0.459 e. The molecule has 6 nitrogen and oxygen atoms in total. The highest BCUT2D eigenvalue weighted by atomic mass is 35.5. The Morgan fingerprint density at radius 2 is 2.03 bits per heavy atom. The maximum atomic E-state index is 12.8. The number of anilines is 1. The van der Waals surface area contributed by atoms with E-state index in [1.165, 1.54) is 6.26 Å². The fraction of sp³-hybridized carbons (Fsp3) is 0.318. The maximum Gasteiger partial charge on any atom is 0.289 e. The minimum absolute atomic E-state index is 0.0744. The molecule has 1 aliphatic heterocycles. The predicted octanol–water partition coefficient (Wildman–Crippen LogP) is 4.48. The van der Waals surface area contributed by atoms with Crippen molar-refractivity contribution in [1.29, 1.82) is 0 Å². The second-order valence-corrected chi connectivity index (χ2v) is 7.87. The first-order valence-corrected chi connectivity index (χ1v) is 10.0. The van der Waals surface area contributed by atoms with Crippen molar-refractivity contribution in [3.8, 4) is 11.1 Å². The molecule has 1 amide bonds. The molecule has 0 radical (unpaired) electrons.